The summed E-state index contributed by atoms with van der Waals surface area (Å²) in [6, 6.07) is 4.98. The lowest BCUT2D eigenvalue weighted by atomic mass is 9.86. The lowest BCUT2D eigenvalue weighted by Gasteiger charge is -2.40. The predicted octanol–water partition coefficient (Wildman–Crippen LogP) is 0.305. The topological polar surface area (TPSA) is 149 Å². The summed E-state index contributed by atoms with van der Waals surface area (Å²) in [5.41, 5.74) is 5.90. The molecular weight excluding hydrogens is 412 g/mol. The van der Waals surface area contributed by atoms with Gasteiger partial charge in [-0.05, 0) is 18.2 Å². The molecule has 0 saturated carbocycles. The number of hydrogen-bond donors (Lipinski definition) is 2. The molecule has 0 unspecified atom stereocenters. The van der Waals surface area contributed by atoms with E-state index in [1.807, 2.05) is 0 Å². The number of amides is 1. The molecule has 3 heterocycles. The van der Waals surface area contributed by atoms with Crippen LogP contribution in [0, 0.1) is 0 Å². The third kappa shape index (κ3) is 3.38. The molecule has 0 aliphatic carbocycles. The standard InChI is InChI=1S/C18H20N6O5S/c1-24-17(19)23-18(10-30(24,26)27)5-6-29-14-4-3-11(7-12(14)18)22-16(25)13-8-21-15(28-2)9-20-13/h3-4,7-9H,5-6,10H2,1-2H3,(H2,19,23)(H,22,25)/t18-/m0/s1. The van der Waals surface area contributed by atoms with E-state index in [1.165, 1.54) is 26.6 Å². The Labute approximate surface area is 173 Å². The average molecular weight is 432 g/mol. The lowest BCUT2D eigenvalue weighted by molar-refractivity contribution is 0.102. The van der Waals surface area contributed by atoms with Crippen LogP contribution in [0.3, 0.4) is 0 Å². The van der Waals surface area contributed by atoms with Crippen LogP contribution in [0.1, 0.15) is 22.5 Å². The molecule has 30 heavy (non-hydrogen) atoms. The van der Waals surface area contributed by atoms with Crippen LogP contribution in [0.4, 0.5) is 5.69 Å². The molecule has 0 fully saturated rings. The molecule has 2 aliphatic rings. The third-order valence-electron chi connectivity index (χ3n) is 5.07. The highest BCUT2D eigenvalue weighted by molar-refractivity contribution is 7.89. The first-order valence-corrected chi connectivity index (χ1v) is 10.6. The van der Waals surface area contributed by atoms with Gasteiger partial charge in [0.05, 0.1) is 31.9 Å². The highest BCUT2D eigenvalue weighted by Crippen LogP contribution is 2.44. The van der Waals surface area contributed by atoms with Gasteiger partial charge < -0.3 is 20.5 Å². The fraction of sp³-hybridized carbons (Fsp3) is 0.333. The number of nitrogens with two attached hydrogens (primary N) is 1. The molecule has 3 N–H and O–H groups in total. The Balaban J connectivity index is 1.68. The number of ether oxygens (including phenoxy) is 2. The van der Waals surface area contributed by atoms with Crippen LogP contribution < -0.4 is 20.5 Å². The van der Waals surface area contributed by atoms with E-state index in [4.69, 9.17) is 15.2 Å². The summed E-state index contributed by atoms with van der Waals surface area (Å²) in [4.78, 5) is 25.0. The average Bonchev–Trinajstić information content (AvgIpc) is 2.72. The molecule has 4 rings (SSSR count). The van der Waals surface area contributed by atoms with Crippen molar-refractivity contribution in [3.05, 3.63) is 41.9 Å². The van der Waals surface area contributed by atoms with E-state index < -0.39 is 21.5 Å². The second-order valence-electron chi connectivity index (χ2n) is 6.93. The molecule has 0 bridgehead atoms. The van der Waals surface area contributed by atoms with Crippen molar-refractivity contribution in [1.29, 1.82) is 0 Å². The summed E-state index contributed by atoms with van der Waals surface area (Å²) >= 11 is 0. The Morgan fingerprint density at radius 2 is 2.13 bits per heavy atom. The summed E-state index contributed by atoms with van der Waals surface area (Å²) in [6.07, 6.45) is 2.98. The van der Waals surface area contributed by atoms with Crippen molar-refractivity contribution in [2.75, 3.05) is 31.8 Å². The number of sulfonamides is 1. The zero-order valence-corrected chi connectivity index (χ0v) is 17.1. The first kappa shape index (κ1) is 19.9. The van der Waals surface area contributed by atoms with Crippen molar-refractivity contribution in [2.45, 2.75) is 12.0 Å². The van der Waals surface area contributed by atoms with Crippen molar-refractivity contribution in [3.8, 4) is 11.6 Å². The molecule has 12 heteroatoms. The first-order chi connectivity index (χ1) is 14.2. The summed E-state index contributed by atoms with van der Waals surface area (Å²) in [7, 11) is -0.822. The van der Waals surface area contributed by atoms with Crippen molar-refractivity contribution in [1.82, 2.24) is 14.3 Å². The molecule has 0 radical (unpaired) electrons. The van der Waals surface area contributed by atoms with Crippen LogP contribution in [-0.4, -0.2) is 61.1 Å². The number of aromatic nitrogens is 2. The van der Waals surface area contributed by atoms with Gasteiger partial charge in [0, 0.05) is 24.7 Å². The number of aliphatic imine (C=N–C) groups is 1. The van der Waals surface area contributed by atoms with Gasteiger partial charge in [-0.25, -0.2) is 27.7 Å². The number of nitrogens with one attached hydrogen (secondary N) is 1. The van der Waals surface area contributed by atoms with Crippen molar-refractivity contribution >= 4 is 27.6 Å². The molecule has 1 atom stereocenters. The number of fused-ring (bicyclic) bond motifs is 2. The summed E-state index contributed by atoms with van der Waals surface area (Å²) in [5, 5.41) is 2.73. The normalized spacial score (nSPS) is 21.9. The van der Waals surface area contributed by atoms with E-state index in [2.05, 4.69) is 20.3 Å². The number of nitrogens with zero attached hydrogens (tertiary/aromatic N) is 4. The minimum absolute atomic E-state index is 0.0861. The fourth-order valence-electron chi connectivity index (χ4n) is 3.42. The van der Waals surface area contributed by atoms with E-state index in [1.54, 1.807) is 18.2 Å². The number of anilines is 1. The van der Waals surface area contributed by atoms with Crippen molar-refractivity contribution in [2.24, 2.45) is 10.7 Å². The van der Waals surface area contributed by atoms with Gasteiger partial charge in [-0.1, -0.05) is 0 Å². The number of carbonyl (C=O) groups excluding carboxylic acids is 1. The van der Waals surface area contributed by atoms with Gasteiger partial charge in [0.2, 0.25) is 21.9 Å². The zero-order valence-electron chi connectivity index (χ0n) is 16.3. The molecule has 1 amide bonds. The quantitative estimate of drug-likeness (QED) is 0.703. The van der Waals surface area contributed by atoms with Gasteiger partial charge in [-0.15, -0.1) is 0 Å². The van der Waals surface area contributed by atoms with Gasteiger partial charge in [-0.3, -0.25) is 4.79 Å². The zero-order chi connectivity index (χ0) is 21.5. The van der Waals surface area contributed by atoms with Crippen LogP contribution in [0.15, 0.2) is 35.6 Å². The maximum atomic E-state index is 12.6. The second-order valence-corrected chi connectivity index (χ2v) is 8.93. The van der Waals surface area contributed by atoms with Crippen LogP contribution in [0.2, 0.25) is 0 Å². The molecule has 1 aromatic carbocycles. The molecule has 158 valence electrons. The highest BCUT2D eigenvalue weighted by Gasteiger charge is 2.47. The minimum atomic E-state index is -3.64. The van der Waals surface area contributed by atoms with E-state index in [0.29, 0.717) is 35.9 Å². The van der Waals surface area contributed by atoms with Crippen LogP contribution in [-0.2, 0) is 15.6 Å². The molecule has 0 saturated heterocycles. The number of carbonyl (C=O) groups is 1. The van der Waals surface area contributed by atoms with E-state index >= 15 is 0 Å². The summed E-state index contributed by atoms with van der Waals surface area (Å²) in [6.45, 7) is 0.302. The Bertz CT molecular complexity index is 1130. The van der Waals surface area contributed by atoms with E-state index in [9.17, 15) is 13.2 Å². The van der Waals surface area contributed by atoms with Gasteiger partial charge >= 0.3 is 0 Å². The van der Waals surface area contributed by atoms with Gasteiger partial charge in [0.15, 0.2) is 0 Å². The lowest BCUT2D eigenvalue weighted by Crippen LogP contribution is -2.52. The van der Waals surface area contributed by atoms with Crippen LogP contribution in [0.25, 0.3) is 0 Å². The third-order valence-corrected chi connectivity index (χ3v) is 6.94. The predicted molar refractivity (Wildman–Crippen MR) is 108 cm³/mol. The number of hydrogen-bond acceptors (Lipinski definition) is 9. The van der Waals surface area contributed by atoms with Gasteiger partial charge in [0.25, 0.3) is 5.91 Å². The van der Waals surface area contributed by atoms with E-state index in [0.717, 1.165) is 4.31 Å². The maximum absolute atomic E-state index is 12.6. The summed E-state index contributed by atoms with van der Waals surface area (Å²) < 4.78 is 36.8. The van der Waals surface area contributed by atoms with Crippen LogP contribution in [0.5, 0.6) is 11.6 Å². The largest absolute Gasteiger partial charge is 0.493 e. The number of methoxy groups -OCH3 is 1. The first-order valence-electron chi connectivity index (χ1n) is 9.01. The SMILES string of the molecule is COc1cnc(C(=O)Nc2ccc3c(c2)[C@]2(CCO3)CS(=O)(=O)N(C)C(N)=N2)cn1. The summed E-state index contributed by atoms with van der Waals surface area (Å²) in [5.74, 6) is -0.0142. The fourth-order valence-corrected chi connectivity index (χ4v) is 4.91. The van der Waals surface area contributed by atoms with Crippen molar-refractivity contribution in [3.63, 3.8) is 0 Å². The van der Waals surface area contributed by atoms with Crippen LogP contribution >= 0.6 is 0 Å². The Kier molecular flexibility index (Phi) is 4.73. The van der Waals surface area contributed by atoms with Gasteiger partial charge in [0.1, 0.15) is 17.0 Å². The monoisotopic (exact) mass is 432 g/mol. The second kappa shape index (κ2) is 7.13. The Morgan fingerprint density at radius 1 is 1.33 bits per heavy atom. The highest BCUT2D eigenvalue weighted by atomic mass is 32.2. The minimum Gasteiger partial charge on any atom is -0.493 e. The molecule has 11 nitrogen and oxygen atoms in total. The van der Waals surface area contributed by atoms with Gasteiger partial charge in [-0.2, -0.15) is 0 Å². The Hall–Kier alpha value is -3.41. The number of guanidine groups is 1. The number of rotatable bonds is 3. The van der Waals surface area contributed by atoms with Crippen molar-refractivity contribution < 1.29 is 22.7 Å². The Morgan fingerprint density at radius 3 is 2.80 bits per heavy atom. The smallest absolute Gasteiger partial charge is 0.275 e. The molecule has 1 spiro atoms. The molecule has 1 aromatic heterocycles. The molecule has 2 aromatic rings. The van der Waals surface area contributed by atoms with E-state index in [-0.39, 0.29) is 17.4 Å². The molecule has 2 aliphatic heterocycles. The molecular formula is C18H20N6O5S. The maximum Gasteiger partial charge on any atom is 0.275 e. The number of benzene rings is 1.